The van der Waals surface area contributed by atoms with Gasteiger partial charge in [-0.15, -0.1) is 0 Å². The number of hydrogen-bond donors (Lipinski definition) is 2. The average Bonchev–Trinajstić information content (AvgIpc) is 3.36. The van der Waals surface area contributed by atoms with Crippen LogP contribution in [0.3, 0.4) is 0 Å². The molecule has 3 aromatic rings. The number of cyclic esters (lactones) is 1. The lowest BCUT2D eigenvalue weighted by Crippen LogP contribution is -2.22. The van der Waals surface area contributed by atoms with E-state index in [0.29, 0.717) is 30.2 Å². The number of nitrogens with one attached hydrogen (secondary N) is 1. The molecule has 3 heterocycles. The third-order valence-electron chi connectivity index (χ3n) is 4.98. The summed E-state index contributed by atoms with van der Waals surface area (Å²) in [4.78, 5) is 16.0. The van der Waals surface area contributed by atoms with Gasteiger partial charge in [0.1, 0.15) is 12.7 Å². The maximum Gasteiger partial charge on any atom is 0.338 e. The number of carbonyl (C=O) groups excluding carboxylic acids is 1. The zero-order chi connectivity index (χ0) is 20.4. The maximum atomic E-state index is 11.6. The number of carbonyl (C=O) groups is 1. The van der Waals surface area contributed by atoms with Gasteiger partial charge in [-0.2, -0.15) is 10.4 Å². The largest absolute Gasteiger partial charge is 0.457 e. The molecule has 146 valence electrons. The number of esters is 1. The monoisotopic (exact) mass is 389 g/mol. The van der Waals surface area contributed by atoms with E-state index in [4.69, 9.17) is 10.00 Å². The zero-order valence-corrected chi connectivity index (χ0v) is 15.8. The molecule has 8 heteroatoms. The van der Waals surface area contributed by atoms with E-state index in [0.717, 1.165) is 22.3 Å². The van der Waals surface area contributed by atoms with E-state index >= 15 is 0 Å². The van der Waals surface area contributed by atoms with Crippen molar-refractivity contribution < 1.29 is 14.6 Å². The van der Waals surface area contributed by atoms with Crippen LogP contribution in [0.25, 0.3) is 5.82 Å². The van der Waals surface area contributed by atoms with Crippen LogP contribution in [-0.4, -0.2) is 32.4 Å². The minimum Gasteiger partial charge on any atom is -0.457 e. The van der Waals surface area contributed by atoms with E-state index in [-0.39, 0.29) is 12.6 Å². The minimum atomic E-state index is -0.697. The van der Waals surface area contributed by atoms with Gasteiger partial charge in [0.2, 0.25) is 0 Å². The summed E-state index contributed by atoms with van der Waals surface area (Å²) in [6, 6.07) is 10.8. The van der Waals surface area contributed by atoms with Gasteiger partial charge in [-0.25, -0.2) is 14.5 Å². The SMILES string of the molecule is Cc1c(C(O)CNCc2ccc(-n3ccc(C#N)n3)nc2)ccc2c1COC2=O. The molecule has 0 bridgehead atoms. The van der Waals surface area contributed by atoms with Gasteiger partial charge in [0.25, 0.3) is 0 Å². The van der Waals surface area contributed by atoms with Crippen LogP contribution in [0.15, 0.2) is 42.7 Å². The van der Waals surface area contributed by atoms with Gasteiger partial charge >= 0.3 is 5.97 Å². The van der Waals surface area contributed by atoms with Crippen molar-refractivity contribution in [3.8, 4) is 11.9 Å². The quantitative estimate of drug-likeness (QED) is 0.620. The van der Waals surface area contributed by atoms with Gasteiger partial charge in [0.05, 0.1) is 11.7 Å². The fourth-order valence-corrected chi connectivity index (χ4v) is 3.36. The number of fused-ring (bicyclic) bond motifs is 1. The van der Waals surface area contributed by atoms with Crippen molar-refractivity contribution in [3.63, 3.8) is 0 Å². The standard InChI is InChI=1S/C21H19N5O3/c1-13-16(3-4-17-18(13)12-29-21(17)28)19(27)11-23-9-14-2-5-20(24-10-14)26-7-6-15(8-22)25-26/h2-7,10,19,23,27H,9,11-12H2,1H3. The molecule has 0 saturated carbocycles. The molecule has 1 aliphatic heterocycles. The van der Waals surface area contributed by atoms with Crippen LogP contribution < -0.4 is 5.32 Å². The van der Waals surface area contributed by atoms with Crippen molar-refractivity contribution in [2.75, 3.05) is 6.54 Å². The smallest absolute Gasteiger partial charge is 0.338 e. The summed E-state index contributed by atoms with van der Waals surface area (Å²) in [7, 11) is 0. The van der Waals surface area contributed by atoms with E-state index in [9.17, 15) is 9.90 Å². The zero-order valence-electron chi connectivity index (χ0n) is 15.8. The van der Waals surface area contributed by atoms with Crippen LogP contribution in [0.4, 0.5) is 0 Å². The summed E-state index contributed by atoms with van der Waals surface area (Å²) in [5, 5.41) is 26.7. The summed E-state index contributed by atoms with van der Waals surface area (Å²) < 4.78 is 6.61. The van der Waals surface area contributed by atoms with Crippen LogP contribution in [0.2, 0.25) is 0 Å². The molecule has 2 N–H and O–H groups in total. The Morgan fingerprint density at radius 3 is 2.93 bits per heavy atom. The Morgan fingerprint density at radius 2 is 2.21 bits per heavy atom. The number of aliphatic hydroxyl groups excluding tert-OH is 1. The average molecular weight is 389 g/mol. The van der Waals surface area contributed by atoms with E-state index < -0.39 is 6.10 Å². The second-order valence-electron chi connectivity index (χ2n) is 6.81. The second-order valence-corrected chi connectivity index (χ2v) is 6.81. The summed E-state index contributed by atoms with van der Waals surface area (Å²) in [5.74, 6) is 0.318. The Kier molecular flexibility index (Phi) is 5.08. The Bertz CT molecular complexity index is 1100. The molecule has 0 aliphatic carbocycles. The molecule has 0 spiro atoms. The molecule has 2 aromatic heterocycles. The lowest BCUT2D eigenvalue weighted by molar-refractivity contribution is 0.0535. The number of ether oxygens (including phenoxy) is 1. The van der Waals surface area contributed by atoms with Gasteiger partial charge in [-0.1, -0.05) is 12.1 Å². The topological polar surface area (TPSA) is 113 Å². The first kappa shape index (κ1) is 18.8. The number of aliphatic hydroxyl groups is 1. The highest BCUT2D eigenvalue weighted by molar-refractivity contribution is 5.93. The molecule has 1 unspecified atom stereocenters. The lowest BCUT2D eigenvalue weighted by Gasteiger charge is -2.16. The maximum absolute atomic E-state index is 11.6. The highest BCUT2D eigenvalue weighted by Crippen LogP contribution is 2.28. The summed E-state index contributed by atoms with van der Waals surface area (Å²) >= 11 is 0. The van der Waals surface area contributed by atoms with E-state index in [1.807, 2.05) is 25.1 Å². The van der Waals surface area contributed by atoms with E-state index in [1.165, 1.54) is 0 Å². The fraction of sp³-hybridized carbons (Fsp3) is 0.238. The van der Waals surface area contributed by atoms with Crippen molar-refractivity contribution >= 4 is 5.97 Å². The molecule has 4 rings (SSSR count). The van der Waals surface area contributed by atoms with Gasteiger partial charge < -0.3 is 15.2 Å². The van der Waals surface area contributed by atoms with Crippen LogP contribution in [0.1, 0.15) is 44.4 Å². The van der Waals surface area contributed by atoms with E-state index in [2.05, 4.69) is 15.4 Å². The molecule has 1 atom stereocenters. The summed E-state index contributed by atoms with van der Waals surface area (Å²) in [6.45, 7) is 3.06. The molecular formula is C21H19N5O3. The Morgan fingerprint density at radius 1 is 1.34 bits per heavy atom. The highest BCUT2D eigenvalue weighted by Gasteiger charge is 2.25. The Hall–Kier alpha value is -3.54. The minimum absolute atomic E-state index is 0.262. The number of rotatable bonds is 6. The number of hydrogen-bond acceptors (Lipinski definition) is 7. The molecule has 0 saturated heterocycles. The normalized spacial score (nSPS) is 13.6. The first-order valence-corrected chi connectivity index (χ1v) is 9.16. The Balaban J connectivity index is 1.35. The van der Waals surface area contributed by atoms with Crippen molar-refractivity contribution in [2.24, 2.45) is 0 Å². The molecule has 1 aliphatic rings. The third kappa shape index (κ3) is 3.74. The first-order valence-electron chi connectivity index (χ1n) is 9.16. The van der Waals surface area contributed by atoms with Crippen LogP contribution in [0, 0.1) is 18.3 Å². The molecule has 8 nitrogen and oxygen atoms in total. The highest BCUT2D eigenvalue weighted by atomic mass is 16.5. The summed E-state index contributed by atoms with van der Waals surface area (Å²) in [5.41, 5.74) is 4.41. The number of benzene rings is 1. The fourth-order valence-electron chi connectivity index (χ4n) is 3.36. The van der Waals surface area contributed by atoms with Crippen LogP contribution in [-0.2, 0) is 17.9 Å². The van der Waals surface area contributed by atoms with Crippen LogP contribution >= 0.6 is 0 Å². The van der Waals surface area contributed by atoms with Crippen LogP contribution in [0.5, 0.6) is 0 Å². The van der Waals surface area contributed by atoms with Gasteiger partial charge in [-0.3, -0.25) is 0 Å². The van der Waals surface area contributed by atoms with Gasteiger partial charge in [0.15, 0.2) is 11.5 Å². The number of pyridine rings is 1. The van der Waals surface area contributed by atoms with Gasteiger partial charge in [0, 0.05) is 31.0 Å². The predicted octanol–water partition coefficient (Wildman–Crippen LogP) is 1.94. The summed E-state index contributed by atoms with van der Waals surface area (Å²) in [6.07, 6.45) is 2.72. The Labute approximate surface area is 167 Å². The van der Waals surface area contributed by atoms with Crippen molar-refractivity contribution in [1.29, 1.82) is 5.26 Å². The number of nitrogens with zero attached hydrogens (tertiary/aromatic N) is 4. The number of aromatic nitrogens is 3. The van der Waals surface area contributed by atoms with Crippen molar-refractivity contribution in [2.45, 2.75) is 26.2 Å². The molecule has 0 fully saturated rings. The van der Waals surface area contributed by atoms with E-state index in [1.54, 1.807) is 35.3 Å². The molecule has 29 heavy (non-hydrogen) atoms. The molecule has 0 radical (unpaired) electrons. The molecule has 1 aromatic carbocycles. The first-order chi connectivity index (χ1) is 14.1. The second kappa shape index (κ2) is 7.83. The van der Waals surface area contributed by atoms with Crippen molar-refractivity contribution in [3.05, 3.63) is 76.2 Å². The molecule has 0 amide bonds. The lowest BCUT2D eigenvalue weighted by atomic mass is 9.95. The third-order valence-corrected chi connectivity index (χ3v) is 4.98. The molecular weight excluding hydrogens is 370 g/mol. The number of nitriles is 1. The van der Waals surface area contributed by atoms with Gasteiger partial charge in [-0.05, 0) is 41.8 Å². The predicted molar refractivity (Wildman–Crippen MR) is 103 cm³/mol. The van der Waals surface area contributed by atoms with Crippen molar-refractivity contribution in [1.82, 2.24) is 20.1 Å².